The molecule has 1 N–H and O–H groups in total. The number of ether oxygens (including phenoxy) is 1. The van der Waals surface area contributed by atoms with Gasteiger partial charge in [0.1, 0.15) is 10.3 Å². The Morgan fingerprint density at radius 1 is 1.40 bits per heavy atom. The number of hydrogen-bond acceptors (Lipinski definition) is 6. The molecule has 1 aromatic heterocycles. The molecule has 20 heavy (non-hydrogen) atoms. The molecule has 1 heterocycles. The molecule has 7 heteroatoms. The van der Waals surface area contributed by atoms with Gasteiger partial charge in [-0.2, -0.15) is 0 Å². The first-order chi connectivity index (χ1) is 9.04. The third kappa shape index (κ3) is 5.12. The van der Waals surface area contributed by atoms with E-state index < -0.39 is 15.1 Å². The number of rotatable bonds is 6. The van der Waals surface area contributed by atoms with Crippen LogP contribution in [0, 0.1) is 0 Å². The second-order valence-corrected chi connectivity index (χ2v) is 9.41. The topological polar surface area (TPSA) is 68.3 Å². The molecule has 0 saturated heterocycles. The highest BCUT2D eigenvalue weighted by Crippen LogP contribution is 2.29. The van der Waals surface area contributed by atoms with E-state index in [1.807, 2.05) is 0 Å². The summed E-state index contributed by atoms with van der Waals surface area (Å²) < 4.78 is 28.4. The van der Waals surface area contributed by atoms with Crippen LogP contribution in [0.4, 0.5) is 0 Å². The highest BCUT2D eigenvalue weighted by atomic mass is 32.2. The van der Waals surface area contributed by atoms with Gasteiger partial charge in [0.05, 0.1) is 12.3 Å². The molecular weight excluding hydrogens is 296 g/mol. The summed E-state index contributed by atoms with van der Waals surface area (Å²) in [5, 5.41) is 3.45. The van der Waals surface area contributed by atoms with E-state index in [1.54, 1.807) is 14.0 Å². The third-order valence-electron chi connectivity index (χ3n) is 2.85. The standard InChI is InChI=1S/C13H24N2O3S2/c1-9(20(6,16)17)12-15-10(8-18-5)11(19-12)7-14-13(2,3)4/h9,14H,7-8H2,1-6H3. The van der Waals surface area contributed by atoms with Crippen LogP contribution in [0.2, 0.25) is 0 Å². The van der Waals surface area contributed by atoms with Gasteiger partial charge in [-0.1, -0.05) is 0 Å². The molecule has 1 unspecified atom stereocenters. The minimum absolute atomic E-state index is 0.00303. The lowest BCUT2D eigenvalue weighted by atomic mass is 10.1. The molecule has 0 aliphatic heterocycles. The van der Waals surface area contributed by atoms with Gasteiger partial charge >= 0.3 is 0 Å². The van der Waals surface area contributed by atoms with Gasteiger partial charge in [-0.25, -0.2) is 13.4 Å². The maximum atomic E-state index is 11.6. The molecular formula is C13H24N2O3S2. The number of nitrogens with one attached hydrogen (secondary N) is 1. The first kappa shape index (κ1) is 17.6. The Morgan fingerprint density at radius 3 is 2.45 bits per heavy atom. The molecule has 0 amide bonds. The van der Waals surface area contributed by atoms with Crippen molar-refractivity contribution in [2.75, 3.05) is 13.4 Å². The number of sulfone groups is 1. The monoisotopic (exact) mass is 320 g/mol. The summed E-state index contributed by atoms with van der Waals surface area (Å²) in [4.78, 5) is 5.48. The SMILES string of the molecule is COCc1nc(C(C)S(C)(=O)=O)sc1CNC(C)(C)C. The summed E-state index contributed by atoms with van der Waals surface area (Å²) in [6.45, 7) is 8.99. The molecule has 0 aliphatic rings. The number of nitrogens with zero attached hydrogens (tertiary/aromatic N) is 1. The Kier molecular flexibility index (Phi) is 5.71. The van der Waals surface area contributed by atoms with E-state index in [0.717, 1.165) is 10.6 Å². The molecule has 0 spiro atoms. The lowest BCUT2D eigenvalue weighted by molar-refractivity contribution is 0.181. The van der Waals surface area contributed by atoms with E-state index in [-0.39, 0.29) is 5.54 Å². The minimum atomic E-state index is -3.13. The van der Waals surface area contributed by atoms with Crippen molar-refractivity contribution in [2.24, 2.45) is 0 Å². The number of methoxy groups -OCH3 is 1. The van der Waals surface area contributed by atoms with Crippen molar-refractivity contribution in [3.8, 4) is 0 Å². The molecule has 0 radical (unpaired) electrons. The molecule has 5 nitrogen and oxygen atoms in total. The average molecular weight is 320 g/mol. The molecule has 0 bridgehead atoms. The molecule has 0 aromatic carbocycles. The fourth-order valence-corrected chi connectivity index (χ4v) is 3.52. The van der Waals surface area contributed by atoms with E-state index in [2.05, 4.69) is 31.1 Å². The summed E-state index contributed by atoms with van der Waals surface area (Å²) in [6.07, 6.45) is 1.24. The maximum Gasteiger partial charge on any atom is 0.156 e. The van der Waals surface area contributed by atoms with Crippen molar-refractivity contribution in [3.63, 3.8) is 0 Å². The van der Waals surface area contributed by atoms with Gasteiger partial charge in [0.15, 0.2) is 9.84 Å². The number of hydrogen-bond donors (Lipinski definition) is 1. The van der Waals surface area contributed by atoms with Crippen LogP contribution < -0.4 is 5.32 Å². The van der Waals surface area contributed by atoms with Crippen LogP contribution in [-0.4, -0.2) is 32.3 Å². The normalized spacial score (nSPS) is 14.5. The highest BCUT2D eigenvalue weighted by molar-refractivity contribution is 7.91. The zero-order valence-corrected chi connectivity index (χ0v) is 14.6. The minimum Gasteiger partial charge on any atom is -0.378 e. The molecule has 1 aromatic rings. The van der Waals surface area contributed by atoms with Crippen molar-refractivity contribution < 1.29 is 13.2 Å². The first-order valence-electron chi connectivity index (χ1n) is 6.46. The molecule has 1 atom stereocenters. The molecule has 0 aliphatic carbocycles. The Labute approximate surface area is 125 Å². The molecule has 0 fully saturated rings. The fourth-order valence-electron chi connectivity index (χ4n) is 1.49. The van der Waals surface area contributed by atoms with Crippen molar-refractivity contribution in [1.82, 2.24) is 10.3 Å². The summed E-state index contributed by atoms with van der Waals surface area (Å²) in [7, 11) is -1.52. The molecule has 116 valence electrons. The van der Waals surface area contributed by atoms with E-state index in [4.69, 9.17) is 4.74 Å². The van der Waals surface area contributed by atoms with Crippen LogP contribution in [0.3, 0.4) is 0 Å². The smallest absolute Gasteiger partial charge is 0.156 e. The van der Waals surface area contributed by atoms with Crippen molar-refractivity contribution in [3.05, 3.63) is 15.6 Å². The van der Waals surface area contributed by atoms with Gasteiger partial charge in [-0.3, -0.25) is 0 Å². The summed E-state index contributed by atoms with van der Waals surface area (Å²) in [5.41, 5.74) is 0.816. The average Bonchev–Trinajstić information content (AvgIpc) is 2.67. The maximum absolute atomic E-state index is 11.6. The van der Waals surface area contributed by atoms with Gasteiger partial charge in [-0.05, 0) is 27.7 Å². The van der Waals surface area contributed by atoms with E-state index in [0.29, 0.717) is 18.2 Å². The molecule has 1 rings (SSSR count). The Balaban J connectivity index is 3.01. The van der Waals surface area contributed by atoms with Gasteiger partial charge in [-0.15, -0.1) is 11.3 Å². The van der Waals surface area contributed by atoms with Crippen molar-refractivity contribution in [2.45, 2.75) is 51.6 Å². The Bertz CT molecular complexity index is 544. The Morgan fingerprint density at radius 2 is 2.00 bits per heavy atom. The Hall–Kier alpha value is -0.500. The lowest BCUT2D eigenvalue weighted by Crippen LogP contribution is -2.35. The summed E-state index contributed by atoms with van der Waals surface area (Å²) >= 11 is 1.44. The fraction of sp³-hybridized carbons (Fsp3) is 0.769. The van der Waals surface area contributed by atoms with Crippen LogP contribution in [0.1, 0.15) is 48.5 Å². The highest BCUT2D eigenvalue weighted by Gasteiger charge is 2.23. The third-order valence-corrected chi connectivity index (χ3v) is 5.78. The second-order valence-electron chi connectivity index (χ2n) is 5.93. The lowest BCUT2D eigenvalue weighted by Gasteiger charge is -2.20. The first-order valence-corrected chi connectivity index (χ1v) is 9.23. The van der Waals surface area contributed by atoms with Crippen LogP contribution in [0.5, 0.6) is 0 Å². The largest absolute Gasteiger partial charge is 0.378 e. The van der Waals surface area contributed by atoms with E-state index in [1.165, 1.54) is 17.6 Å². The van der Waals surface area contributed by atoms with Gasteiger partial charge < -0.3 is 10.1 Å². The van der Waals surface area contributed by atoms with Crippen molar-refractivity contribution >= 4 is 21.2 Å². The zero-order valence-electron chi connectivity index (χ0n) is 13.0. The van der Waals surface area contributed by atoms with Crippen molar-refractivity contribution in [1.29, 1.82) is 0 Å². The number of aromatic nitrogens is 1. The molecule has 0 saturated carbocycles. The van der Waals surface area contributed by atoms with Gasteiger partial charge in [0, 0.05) is 30.3 Å². The summed E-state index contributed by atoms with van der Waals surface area (Å²) in [6, 6.07) is 0. The zero-order chi connectivity index (χ0) is 15.6. The van der Waals surface area contributed by atoms with Gasteiger partial charge in [0.2, 0.25) is 0 Å². The predicted octanol–water partition coefficient (Wildman–Crippen LogP) is 2.28. The van der Waals surface area contributed by atoms with Gasteiger partial charge in [0.25, 0.3) is 0 Å². The van der Waals surface area contributed by atoms with Crippen LogP contribution in [-0.2, 0) is 27.7 Å². The number of thiazole rings is 1. The van der Waals surface area contributed by atoms with Crippen LogP contribution in [0.15, 0.2) is 0 Å². The van der Waals surface area contributed by atoms with E-state index >= 15 is 0 Å². The van der Waals surface area contributed by atoms with Crippen LogP contribution >= 0.6 is 11.3 Å². The predicted molar refractivity (Wildman–Crippen MR) is 82.7 cm³/mol. The van der Waals surface area contributed by atoms with E-state index in [9.17, 15) is 8.42 Å². The van der Waals surface area contributed by atoms with Crippen LogP contribution in [0.25, 0.3) is 0 Å². The second kappa shape index (κ2) is 6.51. The summed E-state index contributed by atoms with van der Waals surface area (Å²) in [5.74, 6) is 0. The quantitative estimate of drug-likeness (QED) is 0.871.